The smallest absolute Gasteiger partial charge is 0.275 e. The van der Waals surface area contributed by atoms with Crippen LogP contribution in [0, 0.1) is 6.92 Å². The fourth-order valence-electron chi connectivity index (χ4n) is 3.87. The van der Waals surface area contributed by atoms with Gasteiger partial charge in [0.1, 0.15) is 35.0 Å². The summed E-state index contributed by atoms with van der Waals surface area (Å²) >= 11 is 0. The van der Waals surface area contributed by atoms with Gasteiger partial charge < -0.3 is 10.2 Å². The summed E-state index contributed by atoms with van der Waals surface area (Å²) in [6.45, 7) is 3.96. The van der Waals surface area contributed by atoms with Crippen LogP contribution in [0.15, 0.2) is 61.1 Å². The largest absolute Gasteiger partial charge is 0.357 e. The van der Waals surface area contributed by atoms with Gasteiger partial charge in [0.05, 0.1) is 0 Å². The first-order chi connectivity index (χ1) is 14.7. The van der Waals surface area contributed by atoms with E-state index in [1.165, 1.54) is 6.33 Å². The Bertz CT molecular complexity index is 1230. The number of aryl methyl sites for hydroxylation is 1. The Balaban J connectivity index is 1.53. The van der Waals surface area contributed by atoms with Crippen LogP contribution in [-0.4, -0.2) is 38.3 Å². The summed E-state index contributed by atoms with van der Waals surface area (Å²) < 4.78 is 1.89. The zero-order chi connectivity index (χ0) is 20.5. The topological polar surface area (TPSA) is 75.4 Å². The quantitative estimate of drug-likeness (QED) is 0.563. The van der Waals surface area contributed by atoms with Gasteiger partial charge in [0.15, 0.2) is 0 Å². The molecule has 1 amide bonds. The van der Waals surface area contributed by atoms with Gasteiger partial charge in [0.2, 0.25) is 0 Å². The molecule has 0 spiro atoms. The van der Waals surface area contributed by atoms with Crippen molar-refractivity contribution in [2.45, 2.75) is 19.8 Å². The Morgan fingerprint density at radius 1 is 1.03 bits per heavy atom. The molecule has 1 aromatic carbocycles. The first kappa shape index (κ1) is 18.3. The van der Waals surface area contributed by atoms with E-state index in [2.05, 4.69) is 26.3 Å². The Morgan fingerprint density at radius 3 is 2.73 bits per heavy atom. The van der Waals surface area contributed by atoms with Crippen molar-refractivity contribution < 1.29 is 4.79 Å². The number of aromatic nitrogens is 4. The van der Waals surface area contributed by atoms with Crippen molar-refractivity contribution in [3.8, 4) is 11.3 Å². The average molecular weight is 398 g/mol. The lowest BCUT2D eigenvalue weighted by molar-refractivity contribution is 0.102. The highest BCUT2D eigenvalue weighted by Crippen LogP contribution is 2.29. The molecule has 1 aliphatic rings. The maximum Gasteiger partial charge on any atom is 0.275 e. The molecule has 1 saturated heterocycles. The molecule has 1 aliphatic heterocycles. The van der Waals surface area contributed by atoms with E-state index in [4.69, 9.17) is 4.98 Å². The highest BCUT2D eigenvalue weighted by molar-refractivity contribution is 6.04. The number of fused-ring (bicyclic) bond motifs is 1. The maximum atomic E-state index is 13.1. The molecule has 4 aromatic rings. The lowest BCUT2D eigenvalue weighted by Crippen LogP contribution is -2.21. The van der Waals surface area contributed by atoms with Gasteiger partial charge in [-0.25, -0.2) is 15.0 Å². The van der Waals surface area contributed by atoms with Crippen molar-refractivity contribution in [2.75, 3.05) is 23.3 Å². The van der Waals surface area contributed by atoms with Crippen LogP contribution in [0.1, 0.15) is 28.9 Å². The van der Waals surface area contributed by atoms with Gasteiger partial charge in [0.25, 0.3) is 5.91 Å². The zero-order valence-electron chi connectivity index (χ0n) is 16.7. The molecule has 5 rings (SSSR count). The van der Waals surface area contributed by atoms with Gasteiger partial charge in [-0.3, -0.25) is 9.20 Å². The van der Waals surface area contributed by atoms with Crippen molar-refractivity contribution in [3.63, 3.8) is 0 Å². The van der Waals surface area contributed by atoms with Crippen molar-refractivity contribution >= 4 is 23.2 Å². The number of hydrogen-bond donors (Lipinski definition) is 1. The molecule has 30 heavy (non-hydrogen) atoms. The number of pyridine rings is 1. The van der Waals surface area contributed by atoms with Crippen molar-refractivity contribution in [1.82, 2.24) is 19.4 Å². The second-order valence-corrected chi connectivity index (χ2v) is 7.52. The van der Waals surface area contributed by atoms with Gasteiger partial charge in [-0.1, -0.05) is 29.8 Å². The normalized spacial score (nSPS) is 13.7. The molecule has 0 bridgehead atoms. The number of anilines is 2. The molecule has 7 nitrogen and oxygen atoms in total. The van der Waals surface area contributed by atoms with Gasteiger partial charge in [-0.05, 0) is 38.0 Å². The molecule has 0 atom stereocenters. The van der Waals surface area contributed by atoms with Crippen LogP contribution >= 0.6 is 0 Å². The first-order valence-corrected chi connectivity index (χ1v) is 10.1. The third-order valence-corrected chi connectivity index (χ3v) is 5.37. The highest BCUT2D eigenvalue weighted by Gasteiger charge is 2.20. The summed E-state index contributed by atoms with van der Waals surface area (Å²) in [6.07, 6.45) is 5.64. The summed E-state index contributed by atoms with van der Waals surface area (Å²) in [7, 11) is 0. The minimum Gasteiger partial charge on any atom is -0.357 e. The number of carbonyl (C=O) groups is 1. The lowest BCUT2D eigenvalue weighted by Gasteiger charge is -2.16. The number of nitrogens with one attached hydrogen (secondary N) is 1. The summed E-state index contributed by atoms with van der Waals surface area (Å²) in [5.74, 6) is 1.14. The number of rotatable bonds is 4. The third kappa shape index (κ3) is 3.39. The van der Waals surface area contributed by atoms with E-state index in [-0.39, 0.29) is 5.91 Å². The van der Waals surface area contributed by atoms with E-state index in [1.807, 2.05) is 53.9 Å². The van der Waals surface area contributed by atoms with Gasteiger partial charge in [0, 0.05) is 30.9 Å². The predicted molar refractivity (Wildman–Crippen MR) is 117 cm³/mol. The maximum absolute atomic E-state index is 13.1. The van der Waals surface area contributed by atoms with Crippen molar-refractivity contribution in [3.05, 3.63) is 72.3 Å². The number of amides is 1. The van der Waals surface area contributed by atoms with E-state index in [0.717, 1.165) is 54.2 Å². The molecule has 0 aliphatic carbocycles. The molecule has 4 heterocycles. The minimum atomic E-state index is -0.280. The third-order valence-electron chi connectivity index (χ3n) is 5.37. The van der Waals surface area contributed by atoms with Crippen LogP contribution in [0.25, 0.3) is 16.9 Å². The molecule has 3 aromatic heterocycles. The first-order valence-electron chi connectivity index (χ1n) is 10.1. The molecular formula is C23H22N6O. The van der Waals surface area contributed by atoms with Crippen molar-refractivity contribution in [1.29, 1.82) is 0 Å². The van der Waals surface area contributed by atoms with Crippen LogP contribution in [0.4, 0.5) is 11.6 Å². The van der Waals surface area contributed by atoms with Crippen molar-refractivity contribution in [2.24, 2.45) is 0 Å². The van der Waals surface area contributed by atoms with E-state index >= 15 is 0 Å². The Morgan fingerprint density at radius 2 is 1.90 bits per heavy atom. The summed E-state index contributed by atoms with van der Waals surface area (Å²) in [5.41, 5.74) is 3.92. The van der Waals surface area contributed by atoms with E-state index < -0.39 is 0 Å². The zero-order valence-corrected chi connectivity index (χ0v) is 16.7. The van der Waals surface area contributed by atoms with Crippen LogP contribution in [-0.2, 0) is 0 Å². The molecule has 1 fully saturated rings. The van der Waals surface area contributed by atoms with E-state index in [1.54, 1.807) is 6.07 Å². The minimum absolute atomic E-state index is 0.280. The van der Waals surface area contributed by atoms with Gasteiger partial charge >= 0.3 is 0 Å². The molecule has 0 radical (unpaired) electrons. The van der Waals surface area contributed by atoms with Crippen LogP contribution in [0.2, 0.25) is 0 Å². The van der Waals surface area contributed by atoms with Crippen LogP contribution in [0.5, 0.6) is 0 Å². The molecule has 1 N–H and O–H groups in total. The number of hydrogen-bond acceptors (Lipinski definition) is 5. The van der Waals surface area contributed by atoms with E-state index in [0.29, 0.717) is 11.5 Å². The van der Waals surface area contributed by atoms with E-state index in [9.17, 15) is 4.79 Å². The second kappa shape index (κ2) is 7.59. The Kier molecular flexibility index (Phi) is 4.63. The fourth-order valence-corrected chi connectivity index (χ4v) is 3.87. The number of nitrogens with zero attached hydrogens (tertiary/aromatic N) is 5. The highest BCUT2D eigenvalue weighted by atomic mass is 16.2. The fraction of sp³-hybridized carbons (Fsp3) is 0.217. The predicted octanol–water partition coefficient (Wildman–Crippen LogP) is 3.95. The van der Waals surface area contributed by atoms with Gasteiger partial charge in [-0.15, -0.1) is 0 Å². The number of imidazole rings is 1. The molecular weight excluding hydrogens is 376 g/mol. The van der Waals surface area contributed by atoms with Gasteiger partial charge in [-0.2, -0.15) is 0 Å². The molecule has 7 heteroatoms. The summed E-state index contributed by atoms with van der Waals surface area (Å²) in [5, 5.41) is 3.04. The average Bonchev–Trinajstić information content (AvgIpc) is 3.43. The standard InChI is InChI=1S/C23H22N6O/c1-16-7-6-8-17(13-16)21-22(29-12-3-2-9-19(29)26-21)27-23(30)18-14-20(25-15-24-18)28-10-4-5-11-28/h2-3,6-9,12-15H,4-5,10-11H2,1H3,(H,27,30). The summed E-state index contributed by atoms with van der Waals surface area (Å²) in [6, 6.07) is 15.6. The second-order valence-electron chi connectivity index (χ2n) is 7.52. The molecule has 0 unspecified atom stereocenters. The number of carbonyl (C=O) groups excluding carboxylic acids is 1. The monoisotopic (exact) mass is 398 g/mol. The Hall–Kier alpha value is -3.74. The summed E-state index contributed by atoms with van der Waals surface area (Å²) in [4.78, 5) is 28.6. The SMILES string of the molecule is Cc1cccc(-c2nc3ccccn3c2NC(=O)c2cc(N3CCCC3)ncn2)c1. The lowest BCUT2D eigenvalue weighted by atomic mass is 10.1. The number of benzene rings is 1. The molecule has 0 saturated carbocycles. The van der Waals surface area contributed by atoms with Crippen LogP contribution in [0.3, 0.4) is 0 Å². The Labute approximate surface area is 174 Å². The van der Waals surface area contributed by atoms with Crippen LogP contribution < -0.4 is 10.2 Å². The molecule has 150 valence electrons.